The smallest absolute Gasteiger partial charge is 0.128 e. The van der Waals surface area contributed by atoms with Crippen LogP contribution in [0.4, 0.5) is 4.39 Å². The summed E-state index contributed by atoms with van der Waals surface area (Å²) >= 11 is 0. The highest BCUT2D eigenvalue weighted by atomic mass is 19.1. The van der Waals surface area contributed by atoms with Gasteiger partial charge in [0.2, 0.25) is 0 Å². The molecule has 0 aromatic heterocycles. The van der Waals surface area contributed by atoms with Crippen LogP contribution in [-0.2, 0) is 0 Å². The van der Waals surface area contributed by atoms with Crippen LogP contribution in [-0.4, -0.2) is 11.2 Å². The normalized spacial score (nSPS) is 29.0. The molecule has 1 fully saturated rings. The molecule has 0 aliphatic heterocycles. The van der Waals surface area contributed by atoms with Crippen LogP contribution in [0.3, 0.4) is 0 Å². The van der Waals surface area contributed by atoms with Crippen LogP contribution in [0.25, 0.3) is 0 Å². The van der Waals surface area contributed by atoms with E-state index in [0.29, 0.717) is 17.2 Å². The van der Waals surface area contributed by atoms with Gasteiger partial charge in [-0.05, 0) is 50.2 Å². The summed E-state index contributed by atoms with van der Waals surface area (Å²) in [6.07, 6.45) is 2.63. The lowest BCUT2D eigenvalue weighted by Gasteiger charge is -2.32. The van der Waals surface area contributed by atoms with Gasteiger partial charge in [0.15, 0.2) is 0 Å². The number of aliphatic hydroxyl groups excluding tert-OH is 1. The molecule has 0 saturated heterocycles. The molecular weight excluding hydrogens is 243 g/mol. The highest BCUT2D eigenvalue weighted by molar-refractivity contribution is 5.35. The minimum atomic E-state index is -0.643. The molecule has 1 aromatic rings. The SMILES string of the molecule is CC1CCC(Oc2cc(F)ccc2[C@H](C)O)CC1C. The molecule has 0 bridgehead atoms. The van der Waals surface area contributed by atoms with E-state index in [9.17, 15) is 9.50 Å². The number of ether oxygens (including phenoxy) is 1. The number of rotatable bonds is 3. The van der Waals surface area contributed by atoms with Gasteiger partial charge in [-0.2, -0.15) is 0 Å². The Morgan fingerprint density at radius 2 is 2.00 bits per heavy atom. The van der Waals surface area contributed by atoms with Crippen molar-refractivity contribution in [2.45, 2.75) is 52.2 Å². The van der Waals surface area contributed by atoms with Gasteiger partial charge in [-0.3, -0.25) is 0 Å². The fourth-order valence-corrected chi connectivity index (χ4v) is 2.74. The lowest BCUT2D eigenvalue weighted by Crippen LogP contribution is -2.29. The largest absolute Gasteiger partial charge is 0.490 e. The second kappa shape index (κ2) is 5.91. The number of hydrogen-bond acceptors (Lipinski definition) is 2. The van der Waals surface area contributed by atoms with E-state index in [1.54, 1.807) is 13.0 Å². The van der Waals surface area contributed by atoms with Crippen molar-refractivity contribution < 1.29 is 14.2 Å². The first-order chi connectivity index (χ1) is 8.97. The first-order valence-corrected chi connectivity index (χ1v) is 7.11. The van der Waals surface area contributed by atoms with Gasteiger partial charge in [-0.1, -0.05) is 13.8 Å². The van der Waals surface area contributed by atoms with E-state index in [2.05, 4.69) is 13.8 Å². The summed E-state index contributed by atoms with van der Waals surface area (Å²) in [5.41, 5.74) is 0.660. The van der Waals surface area contributed by atoms with Crippen molar-refractivity contribution in [3.05, 3.63) is 29.6 Å². The third-order valence-electron chi connectivity index (χ3n) is 4.27. The van der Waals surface area contributed by atoms with Crippen molar-refractivity contribution in [2.75, 3.05) is 0 Å². The van der Waals surface area contributed by atoms with Gasteiger partial charge in [0.1, 0.15) is 11.6 Å². The second-order valence-corrected chi connectivity index (χ2v) is 5.87. The van der Waals surface area contributed by atoms with E-state index >= 15 is 0 Å². The van der Waals surface area contributed by atoms with Crippen LogP contribution in [0.15, 0.2) is 18.2 Å². The number of benzene rings is 1. The van der Waals surface area contributed by atoms with Crippen molar-refractivity contribution in [1.29, 1.82) is 0 Å². The Morgan fingerprint density at radius 1 is 1.26 bits per heavy atom. The number of aliphatic hydroxyl groups is 1. The van der Waals surface area contributed by atoms with Crippen molar-refractivity contribution in [3.63, 3.8) is 0 Å². The fourth-order valence-electron chi connectivity index (χ4n) is 2.74. The molecule has 0 radical (unpaired) electrons. The van der Waals surface area contributed by atoms with Gasteiger partial charge in [-0.25, -0.2) is 4.39 Å². The van der Waals surface area contributed by atoms with Crippen LogP contribution in [0.5, 0.6) is 5.75 Å². The maximum Gasteiger partial charge on any atom is 0.128 e. The lowest BCUT2D eigenvalue weighted by molar-refractivity contribution is 0.0954. The Labute approximate surface area is 114 Å². The molecule has 106 valence electrons. The molecule has 19 heavy (non-hydrogen) atoms. The van der Waals surface area contributed by atoms with Crippen LogP contribution in [0.2, 0.25) is 0 Å². The molecule has 2 nitrogen and oxygen atoms in total. The molecule has 3 heteroatoms. The monoisotopic (exact) mass is 266 g/mol. The minimum Gasteiger partial charge on any atom is -0.490 e. The molecule has 1 N–H and O–H groups in total. The lowest BCUT2D eigenvalue weighted by atomic mass is 9.80. The van der Waals surface area contributed by atoms with E-state index in [-0.39, 0.29) is 11.9 Å². The fraction of sp³-hybridized carbons (Fsp3) is 0.625. The van der Waals surface area contributed by atoms with E-state index in [1.165, 1.54) is 12.1 Å². The zero-order valence-corrected chi connectivity index (χ0v) is 11.9. The van der Waals surface area contributed by atoms with Crippen molar-refractivity contribution in [2.24, 2.45) is 11.8 Å². The Bertz CT molecular complexity index is 431. The molecule has 0 spiro atoms. The molecule has 0 heterocycles. The first kappa shape index (κ1) is 14.3. The maximum absolute atomic E-state index is 13.3. The highest BCUT2D eigenvalue weighted by Gasteiger charge is 2.26. The van der Waals surface area contributed by atoms with Crippen molar-refractivity contribution >= 4 is 0 Å². The summed E-state index contributed by atoms with van der Waals surface area (Å²) in [4.78, 5) is 0. The van der Waals surface area contributed by atoms with Gasteiger partial charge in [-0.15, -0.1) is 0 Å². The third-order valence-corrected chi connectivity index (χ3v) is 4.27. The first-order valence-electron chi connectivity index (χ1n) is 7.11. The summed E-state index contributed by atoms with van der Waals surface area (Å²) in [5.74, 6) is 1.52. The molecule has 1 aliphatic rings. The van der Waals surface area contributed by atoms with Gasteiger partial charge in [0.05, 0.1) is 12.2 Å². The van der Waals surface area contributed by atoms with E-state index in [0.717, 1.165) is 25.2 Å². The summed E-state index contributed by atoms with van der Waals surface area (Å²) in [6.45, 7) is 6.18. The molecular formula is C16H23FO2. The van der Waals surface area contributed by atoms with Gasteiger partial charge >= 0.3 is 0 Å². The van der Waals surface area contributed by atoms with Crippen molar-refractivity contribution in [3.8, 4) is 5.75 Å². The third kappa shape index (κ3) is 3.47. The number of hydrogen-bond donors (Lipinski definition) is 1. The molecule has 3 unspecified atom stereocenters. The zero-order valence-electron chi connectivity index (χ0n) is 11.9. The molecule has 0 amide bonds. The standard InChI is InChI=1S/C16H23FO2/c1-10-4-6-14(8-11(10)2)19-16-9-13(17)5-7-15(16)12(3)18/h5,7,9-12,14,18H,4,6,8H2,1-3H3/t10?,11?,12-,14?/m0/s1. The van der Waals surface area contributed by atoms with Gasteiger partial charge < -0.3 is 9.84 Å². The Morgan fingerprint density at radius 3 is 2.63 bits per heavy atom. The summed E-state index contributed by atoms with van der Waals surface area (Å²) in [7, 11) is 0. The Balaban J connectivity index is 2.12. The van der Waals surface area contributed by atoms with Crippen LogP contribution >= 0.6 is 0 Å². The second-order valence-electron chi connectivity index (χ2n) is 5.87. The van der Waals surface area contributed by atoms with Crippen LogP contribution < -0.4 is 4.74 Å². The van der Waals surface area contributed by atoms with E-state index < -0.39 is 6.10 Å². The van der Waals surface area contributed by atoms with Gasteiger partial charge in [0, 0.05) is 11.6 Å². The van der Waals surface area contributed by atoms with Crippen molar-refractivity contribution in [1.82, 2.24) is 0 Å². The maximum atomic E-state index is 13.3. The number of halogens is 1. The quantitative estimate of drug-likeness (QED) is 0.893. The zero-order chi connectivity index (χ0) is 14.0. The van der Waals surface area contributed by atoms with Gasteiger partial charge in [0.25, 0.3) is 0 Å². The van der Waals surface area contributed by atoms with E-state index in [4.69, 9.17) is 4.74 Å². The summed E-state index contributed by atoms with van der Waals surface area (Å²) in [5, 5.41) is 9.72. The summed E-state index contributed by atoms with van der Waals surface area (Å²) in [6, 6.07) is 4.34. The van der Waals surface area contributed by atoms with E-state index in [1.807, 2.05) is 0 Å². The van der Waals surface area contributed by atoms with Crippen LogP contribution in [0, 0.1) is 17.7 Å². The Kier molecular flexibility index (Phi) is 4.46. The molecule has 4 atom stereocenters. The molecule has 1 aliphatic carbocycles. The predicted molar refractivity (Wildman–Crippen MR) is 73.6 cm³/mol. The average molecular weight is 266 g/mol. The molecule has 1 aromatic carbocycles. The molecule has 1 saturated carbocycles. The Hall–Kier alpha value is -1.09. The highest BCUT2D eigenvalue weighted by Crippen LogP contribution is 2.34. The topological polar surface area (TPSA) is 29.5 Å². The minimum absolute atomic E-state index is 0.130. The summed E-state index contributed by atoms with van der Waals surface area (Å²) < 4.78 is 19.3. The predicted octanol–water partition coefficient (Wildman–Crippen LogP) is 4.08. The molecule has 2 rings (SSSR count). The van der Waals surface area contributed by atoms with Crippen LogP contribution in [0.1, 0.15) is 51.7 Å². The average Bonchev–Trinajstić information content (AvgIpc) is 2.33.